The van der Waals surface area contributed by atoms with E-state index in [1.807, 2.05) is 6.20 Å². The highest BCUT2D eigenvalue weighted by atomic mass is 16.1. The van der Waals surface area contributed by atoms with E-state index in [0.29, 0.717) is 24.9 Å². The van der Waals surface area contributed by atoms with Crippen LogP contribution < -0.4 is 5.32 Å². The fourth-order valence-corrected chi connectivity index (χ4v) is 3.43. The summed E-state index contributed by atoms with van der Waals surface area (Å²) in [4.78, 5) is 16.4. The Balaban J connectivity index is 1.75. The first-order chi connectivity index (χ1) is 10.1. The van der Waals surface area contributed by atoms with Gasteiger partial charge in [-0.25, -0.2) is 4.98 Å². The lowest BCUT2D eigenvalue weighted by Gasteiger charge is -2.20. The van der Waals surface area contributed by atoms with Crippen molar-refractivity contribution in [1.82, 2.24) is 14.9 Å². The molecule has 21 heavy (non-hydrogen) atoms. The van der Waals surface area contributed by atoms with E-state index in [4.69, 9.17) is 0 Å². The lowest BCUT2D eigenvalue weighted by atomic mass is 9.87. The van der Waals surface area contributed by atoms with Gasteiger partial charge in [-0.3, -0.25) is 4.79 Å². The highest BCUT2D eigenvalue weighted by molar-refractivity contribution is 5.76. The van der Waals surface area contributed by atoms with Gasteiger partial charge >= 0.3 is 0 Å². The van der Waals surface area contributed by atoms with Gasteiger partial charge in [0.15, 0.2) is 0 Å². The molecule has 4 nitrogen and oxygen atoms in total. The number of carbonyl (C=O) groups is 1. The molecular formula is C17H29N3O. The second kappa shape index (κ2) is 7.62. The maximum absolute atomic E-state index is 12.0. The molecule has 0 aliphatic heterocycles. The topological polar surface area (TPSA) is 46.9 Å². The van der Waals surface area contributed by atoms with Gasteiger partial charge < -0.3 is 9.88 Å². The van der Waals surface area contributed by atoms with Crippen LogP contribution >= 0.6 is 0 Å². The Hall–Kier alpha value is -1.32. The highest BCUT2D eigenvalue weighted by Crippen LogP contribution is 2.26. The zero-order valence-corrected chi connectivity index (χ0v) is 13.7. The third-order valence-corrected chi connectivity index (χ3v) is 4.44. The van der Waals surface area contributed by atoms with Gasteiger partial charge in [-0.2, -0.15) is 0 Å². The maximum atomic E-state index is 12.0. The van der Waals surface area contributed by atoms with E-state index in [1.165, 1.54) is 37.8 Å². The van der Waals surface area contributed by atoms with Crippen molar-refractivity contribution in [2.45, 2.75) is 71.8 Å². The number of aryl methyl sites for hydroxylation is 1. The van der Waals surface area contributed by atoms with E-state index < -0.39 is 0 Å². The first kappa shape index (κ1) is 16.1. The van der Waals surface area contributed by atoms with Crippen LogP contribution in [0.1, 0.15) is 69.9 Å². The minimum atomic E-state index is 0.210. The molecule has 1 aliphatic rings. The quantitative estimate of drug-likeness (QED) is 0.873. The van der Waals surface area contributed by atoms with E-state index >= 15 is 0 Å². The normalized spacial score (nSPS) is 16.4. The Morgan fingerprint density at radius 2 is 2.10 bits per heavy atom. The molecule has 0 saturated heterocycles. The molecule has 0 radical (unpaired) electrons. The molecule has 0 spiro atoms. The van der Waals surface area contributed by atoms with Crippen LogP contribution in [-0.4, -0.2) is 22.0 Å². The molecule has 0 atom stereocenters. The Morgan fingerprint density at radius 3 is 2.76 bits per heavy atom. The Kier molecular flexibility index (Phi) is 5.83. The van der Waals surface area contributed by atoms with E-state index in [1.54, 1.807) is 0 Å². The largest absolute Gasteiger partial charge is 0.356 e. The summed E-state index contributed by atoms with van der Waals surface area (Å²) in [6, 6.07) is 0.417. The van der Waals surface area contributed by atoms with E-state index in [-0.39, 0.29) is 5.91 Å². The van der Waals surface area contributed by atoms with E-state index in [0.717, 1.165) is 12.2 Å². The number of amides is 1. The molecule has 1 N–H and O–H groups in total. The van der Waals surface area contributed by atoms with Crippen LogP contribution in [0, 0.1) is 12.8 Å². The molecule has 1 saturated carbocycles. The van der Waals surface area contributed by atoms with E-state index in [9.17, 15) is 4.79 Å². The predicted molar refractivity (Wildman–Crippen MR) is 85.3 cm³/mol. The molecule has 0 unspecified atom stereocenters. The fourth-order valence-electron chi connectivity index (χ4n) is 3.43. The third-order valence-electron chi connectivity index (χ3n) is 4.44. The summed E-state index contributed by atoms with van der Waals surface area (Å²) in [7, 11) is 0. The monoisotopic (exact) mass is 291 g/mol. The predicted octanol–water partition coefficient (Wildman–Crippen LogP) is 3.40. The molecule has 1 aromatic heterocycles. The molecule has 0 bridgehead atoms. The van der Waals surface area contributed by atoms with Crippen molar-refractivity contribution in [1.29, 1.82) is 0 Å². The van der Waals surface area contributed by atoms with Crippen molar-refractivity contribution in [2.24, 2.45) is 5.92 Å². The second-order valence-electron chi connectivity index (χ2n) is 6.59. The van der Waals surface area contributed by atoms with Crippen LogP contribution in [0.3, 0.4) is 0 Å². The molecule has 1 heterocycles. The molecule has 0 aromatic carbocycles. The van der Waals surface area contributed by atoms with Gasteiger partial charge in [-0.05, 0) is 39.5 Å². The lowest BCUT2D eigenvalue weighted by molar-refractivity contribution is -0.122. The number of imidazole rings is 1. The molecule has 4 heteroatoms. The summed E-state index contributed by atoms with van der Waals surface area (Å²) in [6.07, 6.45) is 9.81. The Labute approximate surface area is 128 Å². The fraction of sp³-hybridized carbons (Fsp3) is 0.765. The van der Waals surface area contributed by atoms with Gasteiger partial charge in [-0.1, -0.05) is 19.3 Å². The molecule has 2 rings (SSSR count). The van der Waals surface area contributed by atoms with Crippen LogP contribution in [0.2, 0.25) is 0 Å². The molecule has 1 amide bonds. The van der Waals surface area contributed by atoms with Crippen molar-refractivity contribution in [3.05, 3.63) is 17.7 Å². The second-order valence-corrected chi connectivity index (χ2v) is 6.59. The van der Waals surface area contributed by atoms with Gasteiger partial charge in [0.05, 0.1) is 0 Å². The van der Waals surface area contributed by atoms with Crippen molar-refractivity contribution in [3.63, 3.8) is 0 Å². The first-order valence-electron chi connectivity index (χ1n) is 8.37. The highest BCUT2D eigenvalue weighted by Gasteiger charge is 2.17. The van der Waals surface area contributed by atoms with Crippen LogP contribution in [0.15, 0.2) is 6.20 Å². The van der Waals surface area contributed by atoms with Gasteiger partial charge in [-0.15, -0.1) is 0 Å². The number of hydrogen-bond donors (Lipinski definition) is 1. The number of hydrogen-bond acceptors (Lipinski definition) is 2. The third kappa shape index (κ3) is 4.58. The Morgan fingerprint density at radius 1 is 1.38 bits per heavy atom. The van der Waals surface area contributed by atoms with Gasteiger partial charge in [0.2, 0.25) is 5.91 Å². The first-order valence-corrected chi connectivity index (χ1v) is 8.37. The standard InChI is InChI=1S/C17H29N3O/c1-13(2)20-14(3)12-19-16(20)9-10-18-17(21)11-15-7-5-4-6-8-15/h12-13,15H,4-11H2,1-3H3,(H,18,21). The zero-order chi connectivity index (χ0) is 15.2. The van der Waals surface area contributed by atoms with Crippen molar-refractivity contribution in [3.8, 4) is 0 Å². The molecular weight excluding hydrogens is 262 g/mol. The van der Waals surface area contributed by atoms with Gasteiger partial charge in [0.25, 0.3) is 0 Å². The summed E-state index contributed by atoms with van der Waals surface area (Å²) in [5.74, 6) is 1.89. The number of aromatic nitrogens is 2. The van der Waals surface area contributed by atoms with Crippen molar-refractivity contribution in [2.75, 3.05) is 6.54 Å². The summed E-state index contributed by atoms with van der Waals surface area (Å²) in [5.41, 5.74) is 1.19. The SMILES string of the molecule is Cc1cnc(CCNC(=O)CC2CCCCC2)n1C(C)C. The molecule has 1 aliphatic carbocycles. The number of nitrogens with zero attached hydrogens (tertiary/aromatic N) is 2. The smallest absolute Gasteiger partial charge is 0.220 e. The van der Waals surface area contributed by atoms with Gasteiger partial charge in [0.1, 0.15) is 5.82 Å². The summed E-state index contributed by atoms with van der Waals surface area (Å²) < 4.78 is 2.24. The van der Waals surface area contributed by atoms with Crippen LogP contribution in [0.25, 0.3) is 0 Å². The van der Waals surface area contributed by atoms with Crippen LogP contribution in [0.5, 0.6) is 0 Å². The number of carbonyl (C=O) groups excluding carboxylic acids is 1. The summed E-state index contributed by atoms with van der Waals surface area (Å²) in [6.45, 7) is 7.10. The number of rotatable bonds is 6. The molecule has 1 aromatic rings. The summed E-state index contributed by atoms with van der Waals surface area (Å²) >= 11 is 0. The van der Waals surface area contributed by atoms with Crippen molar-refractivity contribution >= 4 is 5.91 Å². The van der Waals surface area contributed by atoms with Crippen LogP contribution in [0.4, 0.5) is 0 Å². The van der Waals surface area contributed by atoms with Crippen LogP contribution in [-0.2, 0) is 11.2 Å². The summed E-state index contributed by atoms with van der Waals surface area (Å²) in [5, 5.41) is 3.06. The zero-order valence-electron chi connectivity index (χ0n) is 13.7. The average Bonchev–Trinajstić information content (AvgIpc) is 2.81. The molecule has 1 fully saturated rings. The Bertz CT molecular complexity index is 459. The average molecular weight is 291 g/mol. The number of nitrogens with one attached hydrogen (secondary N) is 1. The minimum absolute atomic E-state index is 0.210. The minimum Gasteiger partial charge on any atom is -0.356 e. The molecule has 118 valence electrons. The maximum Gasteiger partial charge on any atom is 0.220 e. The lowest BCUT2D eigenvalue weighted by Crippen LogP contribution is -2.28. The van der Waals surface area contributed by atoms with E-state index in [2.05, 4.69) is 35.6 Å². The van der Waals surface area contributed by atoms with Crippen molar-refractivity contribution < 1.29 is 4.79 Å². The van der Waals surface area contributed by atoms with Gasteiger partial charge in [0, 0.05) is 37.3 Å².